The van der Waals surface area contributed by atoms with E-state index in [9.17, 15) is 0 Å². The Bertz CT molecular complexity index is 894. The van der Waals surface area contributed by atoms with Crippen LogP contribution in [-0.4, -0.2) is 45.9 Å². The molecule has 2 aliphatic rings. The summed E-state index contributed by atoms with van der Waals surface area (Å²) in [5, 5.41) is 7.78. The highest BCUT2D eigenvalue weighted by molar-refractivity contribution is 6.30. The quantitative estimate of drug-likeness (QED) is 0.544. The third-order valence-corrected chi connectivity index (χ3v) is 6.40. The monoisotopic (exact) mass is 427 g/mol. The molecule has 0 unspecified atom stereocenters. The minimum atomic E-state index is 0.000748. The Labute approximate surface area is 183 Å². The molecule has 1 fully saturated rings. The van der Waals surface area contributed by atoms with Gasteiger partial charge in [0.25, 0.3) is 0 Å². The zero-order chi connectivity index (χ0) is 20.8. The maximum atomic E-state index is 6.28. The smallest absolute Gasteiger partial charge is 0.191 e. The van der Waals surface area contributed by atoms with Gasteiger partial charge in [0.05, 0.1) is 6.61 Å². The molecule has 2 heterocycles. The van der Waals surface area contributed by atoms with Gasteiger partial charge in [-0.3, -0.25) is 4.99 Å². The molecule has 0 saturated carbocycles. The second-order valence-electron chi connectivity index (χ2n) is 8.05. The van der Waals surface area contributed by atoms with Crippen LogP contribution in [-0.2, 0) is 23.0 Å². The Hall–Kier alpha value is -2.24. The average Bonchev–Trinajstić information content (AvgIpc) is 3.25. The SMILES string of the molecule is CN=C(NCCc1ccc2c(c1)CCO2)NCC1(c2cccc(Cl)c2)CCOCC1. The van der Waals surface area contributed by atoms with E-state index in [-0.39, 0.29) is 5.41 Å². The molecule has 0 atom stereocenters. The number of halogens is 1. The molecular formula is C24H30ClN3O2. The summed E-state index contributed by atoms with van der Waals surface area (Å²) in [6.07, 6.45) is 3.89. The van der Waals surface area contributed by atoms with E-state index in [1.54, 1.807) is 0 Å². The summed E-state index contributed by atoms with van der Waals surface area (Å²) in [7, 11) is 1.82. The lowest BCUT2D eigenvalue weighted by atomic mass is 9.74. The molecule has 5 nitrogen and oxygen atoms in total. The Balaban J connectivity index is 1.34. The summed E-state index contributed by atoms with van der Waals surface area (Å²) in [6.45, 7) is 3.96. The second-order valence-corrected chi connectivity index (χ2v) is 8.48. The fraction of sp³-hybridized carbons (Fsp3) is 0.458. The summed E-state index contributed by atoms with van der Waals surface area (Å²) < 4.78 is 11.2. The van der Waals surface area contributed by atoms with Gasteiger partial charge in [0.2, 0.25) is 0 Å². The number of nitrogens with zero attached hydrogens (tertiary/aromatic N) is 1. The van der Waals surface area contributed by atoms with Crippen LogP contribution >= 0.6 is 11.6 Å². The first-order valence-corrected chi connectivity index (χ1v) is 11.1. The van der Waals surface area contributed by atoms with E-state index in [4.69, 9.17) is 21.1 Å². The zero-order valence-electron chi connectivity index (χ0n) is 17.5. The van der Waals surface area contributed by atoms with Crippen molar-refractivity contribution in [2.24, 2.45) is 4.99 Å². The number of ether oxygens (including phenoxy) is 2. The number of benzene rings is 2. The summed E-state index contributed by atoms with van der Waals surface area (Å²) in [4.78, 5) is 4.42. The van der Waals surface area contributed by atoms with Gasteiger partial charge in [0.15, 0.2) is 5.96 Å². The second kappa shape index (κ2) is 9.71. The number of hydrogen-bond donors (Lipinski definition) is 2. The first kappa shape index (κ1) is 21.0. The van der Waals surface area contributed by atoms with Gasteiger partial charge in [-0.25, -0.2) is 0 Å². The number of guanidine groups is 1. The van der Waals surface area contributed by atoms with Gasteiger partial charge >= 0.3 is 0 Å². The van der Waals surface area contributed by atoms with E-state index in [2.05, 4.69) is 46.0 Å². The number of nitrogens with one attached hydrogen (secondary N) is 2. The lowest BCUT2D eigenvalue weighted by Gasteiger charge is -2.38. The number of hydrogen-bond acceptors (Lipinski definition) is 3. The molecule has 4 rings (SSSR count). The van der Waals surface area contributed by atoms with Crippen LogP contribution in [0.25, 0.3) is 0 Å². The van der Waals surface area contributed by atoms with Crippen LogP contribution in [0.15, 0.2) is 47.5 Å². The fourth-order valence-electron chi connectivity index (χ4n) is 4.34. The van der Waals surface area contributed by atoms with E-state index in [0.717, 1.165) is 75.3 Å². The van der Waals surface area contributed by atoms with Gasteiger partial charge in [0.1, 0.15) is 5.75 Å². The highest BCUT2D eigenvalue weighted by Gasteiger charge is 2.34. The predicted octanol–water partition coefficient (Wildman–Crippen LogP) is 3.73. The molecule has 2 aromatic carbocycles. The molecule has 0 amide bonds. The van der Waals surface area contributed by atoms with Gasteiger partial charge in [-0.15, -0.1) is 0 Å². The summed E-state index contributed by atoms with van der Waals surface area (Å²) in [6, 6.07) is 14.7. The minimum absolute atomic E-state index is 0.000748. The number of rotatable bonds is 6. The minimum Gasteiger partial charge on any atom is -0.493 e. The number of aliphatic imine (C=N–C) groups is 1. The van der Waals surface area contributed by atoms with Crippen LogP contribution in [0.2, 0.25) is 5.02 Å². The van der Waals surface area contributed by atoms with Crippen molar-refractivity contribution in [3.8, 4) is 5.75 Å². The molecule has 2 aliphatic heterocycles. The summed E-state index contributed by atoms with van der Waals surface area (Å²) in [5.41, 5.74) is 3.91. The third kappa shape index (κ3) is 4.90. The van der Waals surface area contributed by atoms with Gasteiger partial charge < -0.3 is 20.1 Å². The van der Waals surface area contributed by atoms with E-state index in [1.165, 1.54) is 16.7 Å². The molecular weight excluding hydrogens is 398 g/mol. The van der Waals surface area contributed by atoms with E-state index >= 15 is 0 Å². The van der Waals surface area contributed by atoms with Crippen LogP contribution in [0.1, 0.15) is 29.5 Å². The van der Waals surface area contributed by atoms with Crippen molar-refractivity contribution in [3.05, 3.63) is 64.2 Å². The van der Waals surface area contributed by atoms with Crippen molar-refractivity contribution in [1.82, 2.24) is 10.6 Å². The average molecular weight is 428 g/mol. The standard InChI is InChI=1S/C24H30ClN3O2/c1-26-23(27-11-7-18-5-6-22-19(15-18)8-12-30-22)28-17-24(9-13-29-14-10-24)20-3-2-4-21(25)16-20/h2-6,15-16H,7-14,17H2,1H3,(H2,26,27,28). The zero-order valence-corrected chi connectivity index (χ0v) is 18.3. The highest BCUT2D eigenvalue weighted by Crippen LogP contribution is 2.35. The van der Waals surface area contributed by atoms with Crippen molar-refractivity contribution in [2.75, 3.05) is 40.0 Å². The van der Waals surface area contributed by atoms with Crippen LogP contribution in [0.5, 0.6) is 5.75 Å². The van der Waals surface area contributed by atoms with Crippen molar-refractivity contribution < 1.29 is 9.47 Å². The molecule has 160 valence electrons. The maximum absolute atomic E-state index is 6.28. The normalized spacial score (nSPS) is 17.9. The number of fused-ring (bicyclic) bond motifs is 1. The molecule has 0 bridgehead atoms. The van der Waals surface area contributed by atoms with E-state index < -0.39 is 0 Å². The van der Waals surface area contributed by atoms with Gasteiger partial charge in [-0.2, -0.15) is 0 Å². The van der Waals surface area contributed by atoms with Crippen LogP contribution in [0.4, 0.5) is 0 Å². The van der Waals surface area contributed by atoms with Gasteiger partial charge in [-0.1, -0.05) is 35.9 Å². The van der Waals surface area contributed by atoms with E-state index in [1.807, 2.05) is 19.2 Å². The van der Waals surface area contributed by atoms with Crippen molar-refractivity contribution in [3.63, 3.8) is 0 Å². The molecule has 2 N–H and O–H groups in total. The lowest BCUT2D eigenvalue weighted by molar-refractivity contribution is 0.0514. The Kier molecular flexibility index (Phi) is 6.80. The lowest BCUT2D eigenvalue weighted by Crippen LogP contribution is -2.48. The topological polar surface area (TPSA) is 54.9 Å². The molecule has 1 saturated heterocycles. The first-order valence-electron chi connectivity index (χ1n) is 10.7. The molecule has 0 spiro atoms. The van der Waals surface area contributed by atoms with E-state index in [0.29, 0.717) is 0 Å². The largest absolute Gasteiger partial charge is 0.493 e. The predicted molar refractivity (Wildman–Crippen MR) is 122 cm³/mol. The molecule has 0 aliphatic carbocycles. The summed E-state index contributed by atoms with van der Waals surface area (Å²) >= 11 is 6.28. The Morgan fingerprint density at radius 3 is 2.77 bits per heavy atom. The maximum Gasteiger partial charge on any atom is 0.191 e. The van der Waals surface area contributed by atoms with Crippen LogP contribution in [0.3, 0.4) is 0 Å². The molecule has 0 radical (unpaired) electrons. The molecule has 0 aromatic heterocycles. The highest BCUT2D eigenvalue weighted by atomic mass is 35.5. The Morgan fingerprint density at radius 2 is 1.97 bits per heavy atom. The van der Waals surface area contributed by atoms with Crippen molar-refractivity contribution >= 4 is 17.6 Å². The molecule has 6 heteroatoms. The molecule has 2 aromatic rings. The van der Waals surface area contributed by atoms with Gasteiger partial charge in [0, 0.05) is 50.2 Å². The van der Waals surface area contributed by atoms with Crippen molar-refractivity contribution in [1.29, 1.82) is 0 Å². The fourth-order valence-corrected chi connectivity index (χ4v) is 4.53. The summed E-state index contributed by atoms with van der Waals surface area (Å²) in [5.74, 6) is 1.86. The van der Waals surface area contributed by atoms with Crippen LogP contribution in [0, 0.1) is 0 Å². The third-order valence-electron chi connectivity index (χ3n) is 6.16. The van der Waals surface area contributed by atoms with Crippen molar-refractivity contribution in [2.45, 2.75) is 31.1 Å². The first-order chi connectivity index (χ1) is 14.7. The van der Waals surface area contributed by atoms with Crippen LogP contribution < -0.4 is 15.4 Å². The van der Waals surface area contributed by atoms with Gasteiger partial charge in [-0.05, 0) is 54.2 Å². The molecule has 30 heavy (non-hydrogen) atoms. The Morgan fingerprint density at radius 1 is 1.10 bits per heavy atom.